The third-order valence-corrected chi connectivity index (χ3v) is 5.83. The highest BCUT2D eigenvalue weighted by Crippen LogP contribution is 2.32. The molecular weight excluding hydrogens is 380 g/mol. The summed E-state index contributed by atoms with van der Waals surface area (Å²) in [5.74, 6) is 1.60. The number of rotatable bonds is 6. The minimum atomic E-state index is -0.0130. The summed E-state index contributed by atoms with van der Waals surface area (Å²) < 4.78 is 11.1. The van der Waals surface area contributed by atoms with Crippen LogP contribution in [0.3, 0.4) is 0 Å². The highest BCUT2D eigenvalue weighted by molar-refractivity contribution is 5.98. The van der Waals surface area contributed by atoms with Gasteiger partial charge in [0.05, 0.1) is 6.54 Å². The van der Waals surface area contributed by atoms with Crippen molar-refractivity contribution in [2.24, 2.45) is 5.92 Å². The first-order valence-electron chi connectivity index (χ1n) is 10.5. The zero-order chi connectivity index (χ0) is 20.9. The lowest BCUT2D eigenvalue weighted by Gasteiger charge is -2.32. The Morgan fingerprint density at radius 2 is 1.70 bits per heavy atom. The van der Waals surface area contributed by atoms with Crippen molar-refractivity contribution in [2.45, 2.75) is 19.4 Å². The Balaban J connectivity index is 1.27. The summed E-state index contributed by atoms with van der Waals surface area (Å²) in [6.45, 7) is 3.57. The molecule has 0 N–H and O–H groups in total. The van der Waals surface area contributed by atoms with Gasteiger partial charge in [-0.15, -0.1) is 0 Å². The van der Waals surface area contributed by atoms with Gasteiger partial charge in [0, 0.05) is 25.1 Å². The number of likely N-dealkylation sites (tertiary alicyclic amines) is 1. The predicted molar refractivity (Wildman–Crippen MR) is 114 cm³/mol. The summed E-state index contributed by atoms with van der Waals surface area (Å²) in [5.41, 5.74) is 1.80. The third-order valence-electron chi connectivity index (χ3n) is 5.83. The first kappa shape index (κ1) is 20.4. The van der Waals surface area contributed by atoms with Crippen molar-refractivity contribution < 1.29 is 19.1 Å². The van der Waals surface area contributed by atoms with E-state index in [0.29, 0.717) is 43.4 Å². The van der Waals surface area contributed by atoms with Crippen LogP contribution < -0.4 is 9.47 Å². The smallest absolute Gasteiger partial charge is 0.236 e. The Labute approximate surface area is 177 Å². The van der Waals surface area contributed by atoms with Gasteiger partial charge in [0.15, 0.2) is 17.3 Å². The lowest BCUT2D eigenvalue weighted by molar-refractivity contribution is -0.131. The van der Waals surface area contributed by atoms with Crippen molar-refractivity contribution in [1.82, 2.24) is 9.80 Å². The predicted octanol–water partition coefficient (Wildman–Crippen LogP) is 3.01. The highest BCUT2D eigenvalue weighted by atomic mass is 16.6. The Morgan fingerprint density at radius 3 is 2.43 bits per heavy atom. The number of carbonyl (C=O) groups is 2. The number of hydrogen-bond donors (Lipinski definition) is 0. The van der Waals surface area contributed by atoms with Crippen LogP contribution in [0.15, 0.2) is 48.5 Å². The van der Waals surface area contributed by atoms with E-state index in [0.717, 1.165) is 31.5 Å². The Bertz CT molecular complexity index is 891. The largest absolute Gasteiger partial charge is 0.486 e. The summed E-state index contributed by atoms with van der Waals surface area (Å²) in [7, 11) is 1.84. The molecule has 0 spiro atoms. The lowest BCUT2D eigenvalue weighted by atomic mass is 9.88. The maximum Gasteiger partial charge on any atom is 0.236 e. The summed E-state index contributed by atoms with van der Waals surface area (Å²) in [6.07, 6.45) is 1.53. The molecule has 0 aromatic heterocycles. The maximum absolute atomic E-state index is 12.9. The molecule has 0 aliphatic carbocycles. The number of fused-ring (bicyclic) bond motifs is 1. The van der Waals surface area contributed by atoms with Crippen LogP contribution in [0.5, 0.6) is 11.5 Å². The highest BCUT2D eigenvalue weighted by Gasteiger charge is 2.28. The lowest BCUT2D eigenvalue weighted by Crippen LogP contribution is -2.43. The van der Waals surface area contributed by atoms with E-state index in [-0.39, 0.29) is 17.6 Å². The number of hydrogen-bond acceptors (Lipinski definition) is 5. The van der Waals surface area contributed by atoms with Gasteiger partial charge in [0.2, 0.25) is 5.91 Å². The average Bonchev–Trinajstić information content (AvgIpc) is 2.79. The molecule has 0 bridgehead atoms. The number of nitrogens with zero attached hydrogens (tertiary/aromatic N) is 2. The average molecular weight is 408 g/mol. The topological polar surface area (TPSA) is 59.1 Å². The fraction of sp³-hybridized carbons (Fsp3) is 0.417. The van der Waals surface area contributed by atoms with E-state index in [1.807, 2.05) is 49.5 Å². The number of ether oxygens (including phenoxy) is 2. The second kappa shape index (κ2) is 9.30. The molecule has 0 atom stereocenters. The van der Waals surface area contributed by atoms with Crippen molar-refractivity contribution in [3.05, 3.63) is 59.7 Å². The molecular formula is C24H28N2O4. The van der Waals surface area contributed by atoms with Crippen LogP contribution >= 0.6 is 0 Å². The van der Waals surface area contributed by atoms with E-state index in [1.54, 1.807) is 11.0 Å². The fourth-order valence-electron chi connectivity index (χ4n) is 4.04. The number of likely N-dealkylation sites (N-methyl/N-ethyl adjacent to an activating group) is 1. The van der Waals surface area contributed by atoms with Gasteiger partial charge >= 0.3 is 0 Å². The normalized spacial score (nSPS) is 16.8. The molecule has 2 aromatic rings. The van der Waals surface area contributed by atoms with Crippen LogP contribution in [0.2, 0.25) is 0 Å². The summed E-state index contributed by atoms with van der Waals surface area (Å²) in [6, 6.07) is 15.4. The Kier molecular flexibility index (Phi) is 6.33. The number of amides is 1. The summed E-state index contributed by atoms with van der Waals surface area (Å²) in [4.78, 5) is 29.4. The van der Waals surface area contributed by atoms with Crippen LogP contribution in [0.4, 0.5) is 0 Å². The second-order valence-corrected chi connectivity index (χ2v) is 8.01. The molecule has 0 radical (unpaired) electrons. The number of ketones is 1. The minimum Gasteiger partial charge on any atom is -0.486 e. The molecule has 6 nitrogen and oxygen atoms in total. The standard InChI is InChI=1S/C24H28N2O4/c1-25(16-18-5-3-2-4-6-18)23(27)17-26-11-9-19(10-12-26)24(28)20-7-8-21-22(15-20)30-14-13-29-21/h2-8,15,19H,9-14,16-17H2,1H3. The zero-order valence-electron chi connectivity index (χ0n) is 17.4. The molecule has 158 valence electrons. The molecule has 30 heavy (non-hydrogen) atoms. The molecule has 0 unspecified atom stereocenters. The van der Waals surface area contributed by atoms with Gasteiger partial charge in [-0.05, 0) is 49.7 Å². The number of benzene rings is 2. The molecule has 1 saturated heterocycles. The molecule has 2 aromatic carbocycles. The SMILES string of the molecule is CN(Cc1ccccc1)C(=O)CN1CCC(C(=O)c2ccc3c(c2)OCCO3)CC1. The van der Waals surface area contributed by atoms with Crippen molar-refractivity contribution >= 4 is 11.7 Å². The van der Waals surface area contributed by atoms with Crippen molar-refractivity contribution in [1.29, 1.82) is 0 Å². The molecule has 1 fully saturated rings. The minimum absolute atomic E-state index is 0.0130. The quantitative estimate of drug-likeness (QED) is 0.688. The van der Waals surface area contributed by atoms with Crippen LogP contribution in [-0.2, 0) is 11.3 Å². The van der Waals surface area contributed by atoms with E-state index in [2.05, 4.69) is 4.90 Å². The van der Waals surface area contributed by atoms with Crippen molar-refractivity contribution in [3.8, 4) is 11.5 Å². The molecule has 0 saturated carbocycles. The first-order valence-corrected chi connectivity index (χ1v) is 10.5. The maximum atomic E-state index is 12.9. The molecule has 2 aliphatic heterocycles. The Morgan fingerprint density at radius 1 is 1.00 bits per heavy atom. The van der Waals surface area contributed by atoms with Gasteiger partial charge < -0.3 is 14.4 Å². The van der Waals surface area contributed by atoms with Gasteiger partial charge in [-0.3, -0.25) is 14.5 Å². The Hall–Kier alpha value is -2.86. The van der Waals surface area contributed by atoms with Crippen LogP contribution in [0, 0.1) is 5.92 Å². The molecule has 2 aliphatic rings. The van der Waals surface area contributed by atoms with E-state index in [1.165, 1.54) is 0 Å². The number of Topliss-reactive ketones (excluding diaryl/α,β-unsaturated/α-hetero) is 1. The van der Waals surface area contributed by atoms with Crippen LogP contribution in [-0.4, -0.2) is 61.4 Å². The van der Waals surface area contributed by atoms with Gasteiger partial charge in [-0.25, -0.2) is 0 Å². The molecule has 4 rings (SSSR count). The van der Waals surface area contributed by atoms with E-state index in [9.17, 15) is 9.59 Å². The summed E-state index contributed by atoms with van der Waals surface area (Å²) in [5, 5.41) is 0. The van der Waals surface area contributed by atoms with Gasteiger partial charge in [0.1, 0.15) is 13.2 Å². The first-order chi connectivity index (χ1) is 14.6. The number of piperidine rings is 1. The van der Waals surface area contributed by atoms with E-state index in [4.69, 9.17) is 9.47 Å². The molecule has 2 heterocycles. The van der Waals surface area contributed by atoms with Gasteiger partial charge in [-0.2, -0.15) is 0 Å². The van der Waals surface area contributed by atoms with Crippen molar-refractivity contribution in [3.63, 3.8) is 0 Å². The van der Waals surface area contributed by atoms with Crippen LogP contribution in [0.1, 0.15) is 28.8 Å². The van der Waals surface area contributed by atoms with E-state index < -0.39 is 0 Å². The second-order valence-electron chi connectivity index (χ2n) is 8.01. The van der Waals surface area contributed by atoms with E-state index >= 15 is 0 Å². The van der Waals surface area contributed by atoms with Gasteiger partial charge in [0.25, 0.3) is 0 Å². The fourth-order valence-corrected chi connectivity index (χ4v) is 4.04. The van der Waals surface area contributed by atoms with Gasteiger partial charge in [-0.1, -0.05) is 30.3 Å². The monoisotopic (exact) mass is 408 g/mol. The van der Waals surface area contributed by atoms with Crippen molar-refractivity contribution in [2.75, 3.05) is 39.9 Å². The zero-order valence-corrected chi connectivity index (χ0v) is 17.4. The van der Waals surface area contributed by atoms with Crippen LogP contribution in [0.25, 0.3) is 0 Å². The summed E-state index contributed by atoms with van der Waals surface area (Å²) >= 11 is 0. The third kappa shape index (κ3) is 4.82. The molecule has 6 heteroatoms. The number of carbonyl (C=O) groups excluding carboxylic acids is 2. The molecule has 1 amide bonds.